The Labute approximate surface area is 157 Å². The Morgan fingerprint density at radius 2 is 1.41 bits per heavy atom. The van der Waals surface area contributed by atoms with E-state index in [0.29, 0.717) is 0 Å². The molecule has 0 fully saturated rings. The fraction of sp³-hybridized carbons (Fsp3) is 0.588. The fourth-order valence-electron chi connectivity index (χ4n) is 2.43. The van der Waals surface area contributed by atoms with Crippen LogP contribution in [0.25, 0.3) is 0 Å². The highest BCUT2D eigenvalue weighted by atomic mass is 17.2. The molecule has 0 radical (unpaired) electrons. The maximum atomic E-state index is 12.8. The Morgan fingerprint density at radius 1 is 0.852 bits per heavy atom. The van der Waals surface area contributed by atoms with E-state index in [1.165, 1.54) is 28.4 Å². The van der Waals surface area contributed by atoms with Gasteiger partial charge in [-0.05, 0) is 5.56 Å². The second kappa shape index (κ2) is 13.7. The third kappa shape index (κ3) is 7.58. The first-order chi connectivity index (χ1) is 13.1. The predicted octanol–water partition coefficient (Wildman–Crippen LogP) is 0.577. The molecule has 0 aliphatic carbocycles. The lowest BCUT2D eigenvalue weighted by Gasteiger charge is -2.32. The second-order valence-corrected chi connectivity index (χ2v) is 5.25. The second-order valence-electron chi connectivity index (χ2n) is 5.25. The molecular weight excluding hydrogens is 364 g/mol. The maximum absolute atomic E-state index is 12.8. The van der Waals surface area contributed by atoms with Gasteiger partial charge in [0.2, 0.25) is 0 Å². The van der Waals surface area contributed by atoms with Gasteiger partial charge in [0, 0.05) is 6.42 Å². The molecule has 27 heavy (non-hydrogen) atoms. The molecule has 0 spiro atoms. The summed E-state index contributed by atoms with van der Waals surface area (Å²) in [6, 6.07) is 9.04. The topological polar surface area (TPSA) is 111 Å². The molecule has 1 N–H and O–H groups in total. The molecule has 1 rings (SSSR count). The molecule has 1 aromatic carbocycles. The van der Waals surface area contributed by atoms with Crippen molar-refractivity contribution in [2.75, 3.05) is 35.0 Å². The van der Waals surface area contributed by atoms with Crippen LogP contribution in [0.2, 0.25) is 0 Å². The zero-order chi connectivity index (χ0) is 20.1. The van der Waals surface area contributed by atoms with Crippen molar-refractivity contribution in [3.63, 3.8) is 0 Å². The van der Waals surface area contributed by atoms with Gasteiger partial charge in [0.25, 0.3) is 0 Å². The molecule has 0 bridgehead atoms. The lowest BCUT2D eigenvalue weighted by molar-refractivity contribution is -0.435. The minimum Gasteiger partial charge on any atom is -0.393 e. The normalized spacial score (nSPS) is 15.9. The van der Waals surface area contributed by atoms with E-state index in [1.54, 1.807) is 12.1 Å². The Hall–Kier alpha value is -1.47. The van der Waals surface area contributed by atoms with Crippen molar-refractivity contribution in [1.29, 1.82) is 0 Å². The van der Waals surface area contributed by atoms with Crippen molar-refractivity contribution in [2.45, 2.75) is 30.8 Å². The number of hydrogen-bond donors (Lipinski definition) is 1. The lowest BCUT2D eigenvalue weighted by atomic mass is 9.96. The summed E-state index contributed by atoms with van der Waals surface area (Å²) in [5, 5.41) is 9.56. The smallest absolute Gasteiger partial charge is 0.183 e. The van der Waals surface area contributed by atoms with Gasteiger partial charge >= 0.3 is 0 Å². The fourth-order valence-corrected chi connectivity index (χ4v) is 2.43. The van der Waals surface area contributed by atoms with Gasteiger partial charge in [-0.2, -0.15) is 0 Å². The maximum Gasteiger partial charge on any atom is 0.183 e. The van der Waals surface area contributed by atoms with Crippen LogP contribution in [0.3, 0.4) is 0 Å². The highest BCUT2D eigenvalue weighted by molar-refractivity contribution is 5.85. The van der Waals surface area contributed by atoms with Crippen molar-refractivity contribution in [2.24, 2.45) is 0 Å². The first kappa shape index (κ1) is 23.6. The van der Waals surface area contributed by atoms with Crippen LogP contribution < -0.4 is 0 Å². The highest BCUT2D eigenvalue weighted by Crippen LogP contribution is 2.20. The summed E-state index contributed by atoms with van der Waals surface area (Å²) in [6.07, 6.45) is -4.72. The molecule has 0 saturated heterocycles. The zero-order valence-corrected chi connectivity index (χ0v) is 15.7. The number of rotatable bonds is 15. The van der Waals surface area contributed by atoms with Crippen molar-refractivity contribution in [3.8, 4) is 0 Å². The summed E-state index contributed by atoms with van der Waals surface area (Å²) in [7, 11) is 4.99. The largest absolute Gasteiger partial charge is 0.393 e. The number of Topliss-reactive ketones (excluding diaryl/α,β-unsaturated/α-hetero) is 1. The Bertz CT molecular complexity index is 512. The molecule has 0 heterocycles. The van der Waals surface area contributed by atoms with Gasteiger partial charge in [0.05, 0.1) is 35.0 Å². The Kier molecular flexibility index (Phi) is 11.9. The average Bonchev–Trinajstić information content (AvgIpc) is 2.68. The number of aliphatic hydroxyl groups excluding tert-OH is 1. The third-order valence-electron chi connectivity index (χ3n) is 3.54. The summed E-state index contributed by atoms with van der Waals surface area (Å²) in [6.45, 7) is -0.530. The van der Waals surface area contributed by atoms with Crippen molar-refractivity contribution >= 4 is 5.78 Å². The molecule has 0 aliphatic rings. The Morgan fingerprint density at radius 3 is 1.93 bits per heavy atom. The van der Waals surface area contributed by atoms with E-state index in [2.05, 4.69) is 4.89 Å². The van der Waals surface area contributed by atoms with E-state index in [4.69, 9.17) is 34.2 Å². The molecule has 4 atom stereocenters. The van der Waals surface area contributed by atoms with Gasteiger partial charge in [-0.25, -0.2) is 39.1 Å². The number of aliphatic hydroxyl groups is 1. The third-order valence-corrected chi connectivity index (χ3v) is 3.54. The van der Waals surface area contributed by atoms with E-state index in [0.717, 1.165) is 5.56 Å². The molecule has 1 aromatic rings. The predicted molar refractivity (Wildman–Crippen MR) is 89.8 cm³/mol. The molecule has 0 aromatic heterocycles. The van der Waals surface area contributed by atoms with E-state index in [9.17, 15) is 9.90 Å². The van der Waals surface area contributed by atoms with Crippen LogP contribution in [0, 0.1) is 0 Å². The van der Waals surface area contributed by atoms with E-state index in [1.807, 2.05) is 18.2 Å². The van der Waals surface area contributed by atoms with Gasteiger partial charge < -0.3 is 5.11 Å². The number of carbonyl (C=O) groups excluding carboxylic acids is 1. The molecule has 154 valence electrons. The number of hydrogen-bond acceptors (Lipinski definition) is 10. The van der Waals surface area contributed by atoms with E-state index < -0.39 is 31.0 Å². The molecule has 0 saturated carbocycles. The van der Waals surface area contributed by atoms with Gasteiger partial charge in [0.15, 0.2) is 24.1 Å². The van der Waals surface area contributed by atoms with Crippen LogP contribution >= 0.6 is 0 Å². The quantitative estimate of drug-likeness (QED) is 0.337. The average molecular weight is 390 g/mol. The monoisotopic (exact) mass is 390 g/mol. The number of ketones is 1. The van der Waals surface area contributed by atoms with Crippen LogP contribution in [0.1, 0.15) is 5.56 Å². The van der Waals surface area contributed by atoms with Gasteiger partial charge in [-0.3, -0.25) is 4.79 Å². The van der Waals surface area contributed by atoms with Crippen molar-refractivity contribution < 1.29 is 49.0 Å². The van der Waals surface area contributed by atoms with E-state index in [-0.39, 0.29) is 12.2 Å². The highest BCUT2D eigenvalue weighted by Gasteiger charge is 2.44. The Balaban J connectivity index is 3.10. The number of benzene rings is 1. The SMILES string of the molecule is COO[C@H]([C@H](OOC)[C@H](CO)OOC)[C@@H](OOC)C(=O)Cc1ccccc1. The summed E-state index contributed by atoms with van der Waals surface area (Å²) < 4.78 is 0. The summed E-state index contributed by atoms with van der Waals surface area (Å²) in [4.78, 5) is 52.0. The molecular formula is C17H26O10. The minimum absolute atomic E-state index is 0.0348. The standard InChI is InChI=1S/C17H26O10/c1-20-24-14(11-18)16(26-22-3)17(27-23-4)15(25-21-2)13(19)10-12-8-6-5-7-9-12/h5-9,14-18H,10-11H2,1-4H3/t14-,15-,16+,17-/m0/s1. The van der Waals surface area contributed by atoms with Crippen LogP contribution in [0.5, 0.6) is 0 Å². The van der Waals surface area contributed by atoms with E-state index >= 15 is 0 Å². The first-order valence-corrected chi connectivity index (χ1v) is 8.08. The van der Waals surface area contributed by atoms with Crippen LogP contribution in [0.4, 0.5) is 0 Å². The summed E-state index contributed by atoms with van der Waals surface area (Å²) >= 11 is 0. The molecule has 10 heteroatoms. The van der Waals surface area contributed by atoms with Crippen molar-refractivity contribution in [3.05, 3.63) is 35.9 Å². The summed E-state index contributed by atoms with van der Waals surface area (Å²) in [5.41, 5.74) is 0.763. The van der Waals surface area contributed by atoms with Gasteiger partial charge in [-0.1, -0.05) is 30.3 Å². The minimum atomic E-state index is -1.29. The van der Waals surface area contributed by atoms with Crippen molar-refractivity contribution in [1.82, 2.24) is 0 Å². The van der Waals surface area contributed by atoms with Gasteiger partial charge in [0.1, 0.15) is 6.10 Å². The molecule has 0 unspecified atom stereocenters. The molecule has 10 nitrogen and oxygen atoms in total. The lowest BCUT2D eigenvalue weighted by Crippen LogP contribution is -2.53. The first-order valence-electron chi connectivity index (χ1n) is 8.08. The van der Waals surface area contributed by atoms with Crippen LogP contribution in [0.15, 0.2) is 30.3 Å². The molecule has 0 aliphatic heterocycles. The van der Waals surface area contributed by atoms with Crippen LogP contribution in [-0.2, 0) is 50.3 Å². The van der Waals surface area contributed by atoms with Crippen LogP contribution in [-0.4, -0.2) is 70.4 Å². The summed E-state index contributed by atoms with van der Waals surface area (Å²) in [5.74, 6) is -0.385. The van der Waals surface area contributed by atoms with Gasteiger partial charge in [-0.15, -0.1) is 0 Å². The zero-order valence-electron chi connectivity index (χ0n) is 15.7. The number of carbonyl (C=O) groups is 1. The molecule has 0 amide bonds.